The second kappa shape index (κ2) is 5.54. The van der Waals surface area contributed by atoms with Crippen molar-refractivity contribution in [1.29, 1.82) is 0 Å². The highest BCUT2D eigenvalue weighted by atomic mass is 35.5. The van der Waals surface area contributed by atoms with Crippen LogP contribution in [0.5, 0.6) is 0 Å². The summed E-state index contributed by atoms with van der Waals surface area (Å²) in [6.07, 6.45) is 0.684. The van der Waals surface area contributed by atoms with Crippen LogP contribution in [0.1, 0.15) is 17.2 Å². The van der Waals surface area contributed by atoms with E-state index in [0.29, 0.717) is 16.5 Å². The molecule has 0 aromatic heterocycles. The summed E-state index contributed by atoms with van der Waals surface area (Å²) in [5, 5.41) is 1.39. The van der Waals surface area contributed by atoms with Gasteiger partial charge in [-0.05, 0) is 35.7 Å². The highest BCUT2D eigenvalue weighted by molar-refractivity contribution is 6.33. The zero-order valence-corrected chi connectivity index (χ0v) is 10.7. The van der Waals surface area contributed by atoms with Crippen LogP contribution in [-0.2, 0) is 6.42 Å². The van der Waals surface area contributed by atoms with Crippen LogP contribution in [-0.4, -0.2) is 0 Å². The van der Waals surface area contributed by atoms with E-state index in [1.165, 1.54) is 0 Å². The molecule has 1 unspecified atom stereocenters. The Bertz CT molecular complexity index is 497. The van der Waals surface area contributed by atoms with E-state index in [-0.39, 0.29) is 6.04 Å². The molecule has 0 bridgehead atoms. The van der Waals surface area contributed by atoms with Gasteiger partial charge >= 0.3 is 0 Å². The number of halogens is 2. The molecule has 0 spiro atoms. The summed E-state index contributed by atoms with van der Waals surface area (Å²) in [7, 11) is 0. The van der Waals surface area contributed by atoms with Gasteiger partial charge in [0.1, 0.15) is 0 Å². The van der Waals surface area contributed by atoms with Crippen molar-refractivity contribution in [3.8, 4) is 0 Å². The quantitative estimate of drug-likeness (QED) is 0.883. The van der Waals surface area contributed by atoms with Crippen LogP contribution in [0.3, 0.4) is 0 Å². The fraction of sp³-hybridized carbons (Fsp3) is 0.143. The van der Waals surface area contributed by atoms with E-state index in [1.54, 1.807) is 12.1 Å². The minimum atomic E-state index is -0.0628. The standard InChI is InChI=1S/C14H13Cl2N/c15-12-6-7-13(16)11(8-12)9-14(17)10-4-2-1-3-5-10/h1-8,14H,9,17H2. The van der Waals surface area contributed by atoms with Crippen LogP contribution in [0.15, 0.2) is 48.5 Å². The van der Waals surface area contributed by atoms with Crippen molar-refractivity contribution in [1.82, 2.24) is 0 Å². The molecule has 0 heterocycles. The minimum Gasteiger partial charge on any atom is -0.324 e. The van der Waals surface area contributed by atoms with Crippen molar-refractivity contribution in [2.24, 2.45) is 5.73 Å². The second-order valence-electron chi connectivity index (χ2n) is 3.96. The van der Waals surface area contributed by atoms with Crippen LogP contribution in [0, 0.1) is 0 Å². The molecule has 1 atom stereocenters. The normalized spacial score (nSPS) is 12.4. The monoisotopic (exact) mass is 265 g/mol. The molecule has 2 rings (SSSR count). The average molecular weight is 266 g/mol. The maximum absolute atomic E-state index is 6.14. The topological polar surface area (TPSA) is 26.0 Å². The van der Waals surface area contributed by atoms with Gasteiger partial charge in [-0.2, -0.15) is 0 Å². The van der Waals surface area contributed by atoms with Gasteiger partial charge in [0, 0.05) is 16.1 Å². The molecule has 1 nitrogen and oxygen atoms in total. The van der Waals surface area contributed by atoms with Crippen LogP contribution in [0.4, 0.5) is 0 Å². The molecule has 0 aliphatic heterocycles. The van der Waals surface area contributed by atoms with E-state index in [4.69, 9.17) is 28.9 Å². The molecule has 3 heteroatoms. The summed E-state index contributed by atoms with van der Waals surface area (Å²) in [6.45, 7) is 0. The summed E-state index contributed by atoms with van der Waals surface area (Å²) in [6, 6.07) is 15.4. The lowest BCUT2D eigenvalue weighted by Gasteiger charge is -2.13. The second-order valence-corrected chi connectivity index (χ2v) is 4.80. The molecule has 17 heavy (non-hydrogen) atoms. The molecule has 0 aliphatic carbocycles. The molecule has 0 amide bonds. The largest absolute Gasteiger partial charge is 0.324 e. The zero-order valence-electron chi connectivity index (χ0n) is 9.24. The lowest BCUT2D eigenvalue weighted by Crippen LogP contribution is -2.13. The molecule has 0 saturated heterocycles. The average Bonchev–Trinajstić information content (AvgIpc) is 2.35. The van der Waals surface area contributed by atoms with E-state index >= 15 is 0 Å². The third kappa shape index (κ3) is 3.22. The predicted octanol–water partition coefficient (Wildman–Crippen LogP) is 4.24. The van der Waals surface area contributed by atoms with Gasteiger partial charge in [-0.3, -0.25) is 0 Å². The van der Waals surface area contributed by atoms with Gasteiger partial charge in [-0.1, -0.05) is 53.5 Å². The van der Waals surface area contributed by atoms with Gasteiger partial charge in [0.2, 0.25) is 0 Å². The first-order valence-electron chi connectivity index (χ1n) is 5.41. The molecule has 0 saturated carbocycles. The Balaban J connectivity index is 2.18. The summed E-state index contributed by atoms with van der Waals surface area (Å²) < 4.78 is 0. The summed E-state index contributed by atoms with van der Waals surface area (Å²) in [5.41, 5.74) is 8.23. The third-order valence-corrected chi connectivity index (χ3v) is 3.28. The number of benzene rings is 2. The van der Waals surface area contributed by atoms with Gasteiger partial charge in [0.15, 0.2) is 0 Å². The highest BCUT2D eigenvalue weighted by Crippen LogP contribution is 2.25. The maximum Gasteiger partial charge on any atom is 0.0439 e. The van der Waals surface area contributed by atoms with Crippen molar-refractivity contribution in [3.05, 3.63) is 69.7 Å². The van der Waals surface area contributed by atoms with Gasteiger partial charge in [0.25, 0.3) is 0 Å². The SMILES string of the molecule is NC(Cc1cc(Cl)ccc1Cl)c1ccccc1. The van der Waals surface area contributed by atoms with Crippen LogP contribution in [0.2, 0.25) is 10.0 Å². The Labute approximate surface area is 111 Å². The Morgan fingerprint density at radius 3 is 2.41 bits per heavy atom. The minimum absolute atomic E-state index is 0.0628. The molecule has 0 radical (unpaired) electrons. The first-order valence-corrected chi connectivity index (χ1v) is 6.17. The Morgan fingerprint density at radius 1 is 1.00 bits per heavy atom. The molecule has 0 aliphatic rings. The van der Waals surface area contributed by atoms with Gasteiger partial charge in [0.05, 0.1) is 0 Å². The fourth-order valence-corrected chi connectivity index (χ4v) is 2.14. The number of hydrogen-bond acceptors (Lipinski definition) is 1. The lowest BCUT2D eigenvalue weighted by molar-refractivity contribution is 0.722. The Hall–Kier alpha value is -1.02. The molecule has 0 fully saturated rings. The first kappa shape index (κ1) is 12.4. The summed E-state index contributed by atoms with van der Waals surface area (Å²) >= 11 is 12.1. The smallest absolute Gasteiger partial charge is 0.0439 e. The molecular weight excluding hydrogens is 253 g/mol. The van der Waals surface area contributed by atoms with Crippen LogP contribution < -0.4 is 5.73 Å². The number of nitrogens with two attached hydrogens (primary N) is 1. The van der Waals surface area contributed by atoms with Crippen LogP contribution in [0.25, 0.3) is 0 Å². The molecule has 2 aromatic rings. The highest BCUT2D eigenvalue weighted by Gasteiger charge is 2.09. The maximum atomic E-state index is 6.14. The summed E-state index contributed by atoms with van der Waals surface area (Å²) in [4.78, 5) is 0. The summed E-state index contributed by atoms with van der Waals surface area (Å²) in [5.74, 6) is 0. The van der Waals surface area contributed by atoms with Crippen molar-refractivity contribution in [2.75, 3.05) is 0 Å². The zero-order chi connectivity index (χ0) is 12.3. The predicted molar refractivity (Wildman–Crippen MR) is 73.5 cm³/mol. The fourth-order valence-electron chi connectivity index (χ4n) is 1.75. The number of hydrogen-bond donors (Lipinski definition) is 1. The van der Waals surface area contributed by atoms with E-state index < -0.39 is 0 Å². The van der Waals surface area contributed by atoms with Gasteiger partial charge in [-0.15, -0.1) is 0 Å². The first-order chi connectivity index (χ1) is 8.16. The lowest BCUT2D eigenvalue weighted by atomic mass is 10.00. The molecule has 2 aromatic carbocycles. The van der Waals surface area contributed by atoms with E-state index in [0.717, 1.165) is 11.1 Å². The van der Waals surface area contributed by atoms with Crippen molar-refractivity contribution in [3.63, 3.8) is 0 Å². The van der Waals surface area contributed by atoms with E-state index in [1.807, 2.05) is 36.4 Å². The van der Waals surface area contributed by atoms with Crippen molar-refractivity contribution in [2.45, 2.75) is 12.5 Å². The van der Waals surface area contributed by atoms with Crippen molar-refractivity contribution >= 4 is 23.2 Å². The van der Waals surface area contributed by atoms with Crippen LogP contribution >= 0.6 is 23.2 Å². The third-order valence-electron chi connectivity index (χ3n) is 2.68. The molecular formula is C14H13Cl2N. The van der Waals surface area contributed by atoms with E-state index in [9.17, 15) is 0 Å². The molecule has 2 N–H and O–H groups in total. The van der Waals surface area contributed by atoms with Gasteiger partial charge < -0.3 is 5.73 Å². The van der Waals surface area contributed by atoms with Gasteiger partial charge in [-0.25, -0.2) is 0 Å². The Morgan fingerprint density at radius 2 is 1.71 bits per heavy atom. The van der Waals surface area contributed by atoms with Crippen molar-refractivity contribution < 1.29 is 0 Å². The number of rotatable bonds is 3. The van der Waals surface area contributed by atoms with E-state index in [2.05, 4.69) is 0 Å². The Kier molecular flexibility index (Phi) is 4.06. The molecule has 88 valence electrons.